The van der Waals surface area contributed by atoms with Gasteiger partial charge in [-0.25, -0.2) is 8.42 Å². The lowest BCUT2D eigenvalue weighted by Crippen LogP contribution is -2.37. The number of pyridine rings is 1. The van der Waals surface area contributed by atoms with Crippen molar-refractivity contribution < 1.29 is 8.42 Å². The Balaban J connectivity index is 1.32. The van der Waals surface area contributed by atoms with E-state index < -0.39 is 14.6 Å². The van der Waals surface area contributed by atoms with Crippen LogP contribution in [0.15, 0.2) is 59.8 Å². The number of hydrogen-bond acceptors (Lipinski definition) is 4. The van der Waals surface area contributed by atoms with Crippen LogP contribution in [0.1, 0.15) is 51.0 Å². The van der Waals surface area contributed by atoms with Gasteiger partial charge in [-0.3, -0.25) is 4.98 Å². The van der Waals surface area contributed by atoms with Crippen LogP contribution in [-0.2, 0) is 9.84 Å². The highest BCUT2D eigenvalue weighted by Crippen LogP contribution is 2.47. The van der Waals surface area contributed by atoms with Crippen molar-refractivity contribution in [1.29, 1.82) is 0 Å². The maximum Gasteiger partial charge on any atom is 0.183 e. The highest BCUT2D eigenvalue weighted by Gasteiger charge is 2.45. The second kappa shape index (κ2) is 7.60. The quantitative estimate of drug-likeness (QED) is 0.698. The lowest BCUT2D eigenvalue weighted by atomic mass is 9.87. The molecule has 150 valence electrons. The first-order chi connectivity index (χ1) is 13.4. The van der Waals surface area contributed by atoms with Gasteiger partial charge in [-0.1, -0.05) is 30.3 Å². The third-order valence-corrected chi connectivity index (χ3v) is 9.35. The van der Waals surface area contributed by atoms with Gasteiger partial charge in [0.15, 0.2) is 9.84 Å². The number of piperidine rings is 1. The molecule has 1 aliphatic heterocycles. The molecule has 2 heterocycles. The molecule has 3 unspecified atom stereocenters. The van der Waals surface area contributed by atoms with Crippen molar-refractivity contribution in [2.75, 3.05) is 13.1 Å². The molecular formula is C23H30N2O2S. The lowest BCUT2D eigenvalue weighted by Gasteiger charge is -2.33. The van der Waals surface area contributed by atoms with Crippen molar-refractivity contribution >= 4 is 9.84 Å². The maximum atomic E-state index is 13.0. The van der Waals surface area contributed by atoms with Gasteiger partial charge < -0.3 is 4.90 Å². The van der Waals surface area contributed by atoms with Gasteiger partial charge in [-0.15, -0.1) is 0 Å². The minimum atomic E-state index is -3.35. The summed E-state index contributed by atoms with van der Waals surface area (Å²) < 4.78 is 25.2. The van der Waals surface area contributed by atoms with E-state index in [0.29, 0.717) is 23.3 Å². The highest BCUT2D eigenvalue weighted by molar-refractivity contribution is 7.92. The number of rotatable bonds is 7. The molecule has 2 fully saturated rings. The van der Waals surface area contributed by atoms with Crippen molar-refractivity contribution in [2.24, 2.45) is 5.92 Å². The average Bonchev–Trinajstić information content (AvgIpc) is 3.30. The molecule has 0 radical (unpaired) electrons. The van der Waals surface area contributed by atoms with E-state index in [1.807, 2.05) is 13.8 Å². The Kier molecular flexibility index (Phi) is 5.32. The zero-order valence-corrected chi connectivity index (χ0v) is 17.6. The molecule has 0 N–H and O–H groups in total. The largest absolute Gasteiger partial charge is 0.300 e. The molecule has 2 aliphatic rings. The van der Waals surface area contributed by atoms with Crippen LogP contribution in [0.2, 0.25) is 0 Å². The van der Waals surface area contributed by atoms with Crippen LogP contribution in [-0.4, -0.2) is 42.2 Å². The summed E-state index contributed by atoms with van der Waals surface area (Å²) in [6.07, 6.45) is 7.22. The van der Waals surface area contributed by atoms with E-state index in [9.17, 15) is 8.42 Å². The smallest absolute Gasteiger partial charge is 0.183 e. The van der Waals surface area contributed by atoms with E-state index in [2.05, 4.69) is 40.2 Å². The normalized spacial score (nSPS) is 25.3. The van der Waals surface area contributed by atoms with Gasteiger partial charge in [-0.2, -0.15) is 0 Å². The number of sulfone groups is 1. The monoisotopic (exact) mass is 398 g/mol. The average molecular weight is 399 g/mol. The number of aromatic nitrogens is 1. The first-order valence-corrected chi connectivity index (χ1v) is 11.8. The van der Waals surface area contributed by atoms with Gasteiger partial charge in [0.2, 0.25) is 0 Å². The summed E-state index contributed by atoms with van der Waals surface area (Å²) in [5.74, 6) is 1.45. The van der Waals surface area contributed by atoms with Crippen LogP contribution in [0, 0.1) is 5.92 Å². The molecule has 1 aromatic heterocycles. The Morgan fingerprint density at radius 3 is 2.43 bits per heavy atom. The Morgan fingerprint density at radius 1 is 1.07 bits per heavy atom. The molecule has 4 rings (SSSR count). The van der Waals surface area contributed by atoms with Crippen LogP contribution >= 0.6 is 0 Å². The molecule has 2 bridgehead atoms. The van der Waals surface area contributed by atoms with Gasteiger partial charge in [-0.05, 0) is 75.6 Å². The number of fused-ring (bicyclic) bond motifs is 2. The molecular weight excluding hydrogens is 368 g/mol. The van der Waals surface area contributed by atoms with Crippen LogP contribution in [0.3, 0.4) is 0 Å². The molecule has 0 amide bonds. The minimum Gasteiger partial charge on any atom is -0.300 e. The van der Waals surface area contributed by atoms with Crippen molar-refractivity contribution in [1.82, 2.24) is 9.88 Å². The van der Waals surface area contributed by atoms with Crippen molar-refractivity contribution in [3.8, 4) is 0 Å². The number of likely N-dealkylation sites (tertiary alicyclic amines) is 1. The van der Waals surface area contributed by atoms with E-state index in [-0.39, 0.29) is 0 Å². The third-order valence-electron chi connectivity index (χ3n) is 6.79. The summed E-state index contributed by atoms with van der Waals surface area (Å²) >= 11 is 0. The topological polar surface area (TPSA) is 50.3 Å². The second-order valence-electron chi connectivity index (χ2n) is 8.95. The standard InChI is InChI=1S/C23H30N2O2S/c1-23(2,28(26,27)21-9-12-24-13-10-21)11-6-14-25-17-19-15-20(25)16-22(19)18-7-4-3-5-8-18/h3-5,7-10,12-13,19-20,22H,6,11,14-17H2,1-2H3. The molecule has 3 atom stereocenters. The maximum absolute atomic E-state index is 13.0. The van der Waals surface area contributed by atoms with Gasteiger partial charge in [0, 0.05) is 25.0 Å². The molecule has 1 saturated heterocycles. The van der Waals surface area contributed by atoms with E-state index in [1.54, 1.807) is 24.5 Å². The van der Waals surface area contributed by atoms with E-state index in [0.717, 1.165) is 25.4 Å². The van der Waals surface area contributed by atoms with Crippen molar-refractivity contribution in [2.45, 2.75) is 61.1 Å². The molecule has 2 aromatic rings. The molecule has 1 saturated carbocycles. The van der Waals surface area contributed by atoms with Crippen molar-refractivity contribution in [3.05, 3.63) is 60.4 Å². The third kappa shape index (κ3) is 3.62. The van der Waals surface area contributed by atoms with Gasteiger partial charge in [0.05, 0.1) is 9.64 Å². The van der Waals surface area contributed by atoms with Crippen molar-refractivity contribution in [3.63, 3.8) is 0 Å². The zero-order valence-electron chi connectivity index (χ0n) is 16.8. The zero-order chi connectivity index (χ0) is 19.8. The Hall–Kier alpha value is -1.72. The Labute approximate surface area is 168 Å². The number of benzene rings is 1. The molecule has 28 heavy (non-hydrogen) atoms. The van der Waals surface area contributed by atoms with Gasteiger partial charge in [0.1, 0.15) is 0 Å². The van der Waals surface area contributed by atoms with E-state index >= 15 is 0 Å². The fourth-order valence-corrected chi connectivity index (χ4v) is 6.64. The van der Waals surface area contributed by atoms with Gasteiger partial charge in [0.25, 0.3) is 0 Å². The summed E-state index contributed by atoms with van der Waals surface area (Å²) in [5, 5.41) is 0. The summed E-state index contributed by atoms with van der Waals surface area (Å²) in [5.41, 5.74) is 1.49. The van der Waals surface area contributed by atoms with Crippen LogP contribution in [0.25, 0.3) is 0 Å². The van der Waals surface area contributed by atoms with Crippen LogP contribution < -0.4 is 0 Å². The van der Waals surface area contributed by atoms with Gasteiger partial charge >= 0.3 is 0 Å². The molecule has 0 spiro atoms. The molecule has 4 nitrogen and oxygen atoms in total. The predicted octanol–water partition coefficient (Wildman–Crippen LogP) is 4.29. The Bertz CT molecular complexity index is 897. The summed E-state index contributed by atoms with van der Waals surface area (Å²) in [6, 6.07) is 14.8. The predicted molar refractivity (Wildman–Crippen MR) is 112 cm³/mol. The lowest BCUT2D eigenvalue weighted by molar-refractivity contribution is 0.194. The molecule has 1 aliphatic carbocycles. The van der Waals surface area contributed by atoms with E-state index in [1.165, 1.54) is 18.4 Å². The molecule has 1 aromatic carbocycles. The fourth-order valence-electron chi connectivity index (χ4n) is 5.11. The summed E-state index contributed by atoms with van der Waals surface area (Å²) in [6.45, 7) is 5.86. The summed E-state index contributed by atoms with van der Waals surface area (Å²) in [7, 11) is -3.35. The highest BCUT2D eigenvalue weighted by atomic mass is 32.2. The molecule has 5 heteroatoms. The van der Waals surface area contributed by atoms with Crippen LogP contribution in [0.5, 0.6) is 0 Å². The fraction of sp³-hybridized carbons (Fsp3) is 0.522. The minimum absolute atomic E-state index is 0.374. The first kappa shape index (κ1) is 19.6. The van der Waals surface area contributed by atoms with E-state index in [4.69, 9.17) is 0 Å². The number of hydrogen-bond donors (Lipinski definition) is 0. The second-order valence-corrected chi connectivity index (χ2v) is 11.5. The summed E-state index contributed by atoms with van der Waals surface area (Å²) in [4.78, 5) is 6.90. The van der Waals surface area contributed by atoms with Crippen LogP contribution in [0.4, 0.5) is 0 Å². The number of nitrogens with zero attached hydrogens (tertiary/aromatic N) is 2. The Morgan fingerprint density at radius 2 is 1.79 bits per heavy atom. The SMILES string of the molecule is CC(C)(CCCN1CC2CC1CC2c1ccccc1)S(=O)(=O)c1ccncc1. The first-order valence-electron chi connectivity index (χ1n) is 10.3.